The van der Waals surface area contributed by atoms with Gasteiger partial charge in [0.05, 0.1) is 18.8 Å². The van der Waals surface area contributed by atoms with Crippen molar-refractivity contribution >= 4 is 0 Å². The van der Waals surface area contributed by atoms with Gasteiger partial charge in [-0.2, -0.15) is 0 Å². The lowest BCUT2D eigenvalue weighted by atomic mass is 9.90. The monoisotopic (exact) mass is 446 g/mol. The Morgan fingerprint density at radius 3 is 2.09 bits per heavy atom. The summed E-state index contributed by atoms with van der Waals surface area (Å²) < 4.78 is 13.0. The lowest BCUT2D eigenvalue weighted by Gasteiger charge is -2.42. The maximum absolute atomic E-state index is 9.42. The lowest BCUT2D eigenvalue weighted by molar-refractivity contribution is -0.276. The first-order valence-corrected chi connectivity index (χ1v) is 11.6. The molecule has 5 heteroatoms. The molecule has 3 N–H and O–H groups in total. The topological polar surface area (TPSA) is 68.0 Å². The summed E-state index contributed by atoms with van der Waals surface area (Å²) in [6.45, 7) is 4.39. The summed E-state index contributed by atoms with van der Waals surface area (Å²) in [7, 11) is 2.13. The largest absolute Gasteiger partial charge is 0.392 e. The lowest BCUT2D eigenvalue weighted by Crippen LogP contribution is -2.43. The first kappa shape index (κ1) is 23.6. The number of hydrogen-bond acceptors (Lipinski definition) is 5. The molecule has 0 aliphatic carbocycles. The van der Waals surface area contributed by atoms with E-state index in [1.54, 1.807) is 0 Å². The van der Waals surface area contributed by atoms with Gasteiger partial charge in [0.2, 0.25) is 0 Å². The Labute approximate surface area is 196 Å². The van der Waals surface area contributed by atoms with Gasteiger partial charge < -0.3 is 20.3 Å². The van der Waals surface area contributed by atoms with Gasteiger partial charge in [0.25, 0.3) is 0 Å². The van der Waals surface area contributed by atoms with Gasteiger partial charge in [-0.1, -0.05) is 85.8 Å². The van der Waals surface area contributed by atoms with E-state index in [1.165, 1.54) is 5.56 Å². The molecule has 3 aromatic carbocycles. The molecule has 0 bridgehead atoms. The normalized spacial score (nSPS) is 23.1. The van der Waals surface area contributed by atoms with Crippen LogP contribution in [-0.4, -0.2) is 29.7 Å². The molecule has 1 aliphatic rings. The van der Waals surface area contributed by atoms with Gasteiger partial charge in [0.15, 0.2) is 6.29 Å². The number of aliphatic hydroxyl groups excluding tert-OH is 1. The maximum Gasteiger partial charge on any atom is 0.184 e. The second-order valence-corrected chi connectivity index (χ2v) is 8.95. The average Bonchev–Trinajstić information content (AvgIpc) is 2.86. The summed E-state index contributed by atoms with van der Waals surface area (Å²) in [4.78, 5) is 2.31. The molecule has 1 aliphatic heterocycles. The second kappa shape index (κ2) is 11.1. The van der Waals surface area contributed by atoms with Crippen molar-refractivity contribution in [2.45, 2.75) is 45.1 Å². The molecule has 4 atom stereocenters. The highest BCUT2D eigenvalue weighted by molar-refractivity contribution is 5.27. The zero-order chi connectivity index (χ0) is 23.2. The molecule has 1 saturated heterocycles. The molecule has 3 aromatic rings. The molecule has 4 rings (SSSR count). The fourth-order valence-corrected chi connectivity index (χ4v) is 4.41. The van der Waals surface area contributed by atoms with Crippen molar-refractivity contribution in [3.8, 4) is 0 Å². The highest BCUT2D eigenvalue weighted by atomic mass is 16.7. The first-order chi connectivity index (χ1) is 16.1. The molecule has 0 saturated carbocycles. The number of likely N-dealkylation sites (N-methyl/N-ethyl adjacent to an activating group) is 1. The summed E-state index contributed by atoms with van der Waals surface area (Å²) in [5.74, 6) is 0.155. The summed E-state index contributed by atoms with van der Waals surface area (Å²) in [6.07, 6.45) is -0.569. The third-order valence-corrected chi connectivity index (χ3v) is 6.40. The quantitative estimate of drug-likeness (QED) is 0.531. The van der Waals surface area contributed by atoms with E-state index in [-0.39, 0.29) is 24.7 Å². The average molecular weight is 447 g/mol. The fraction of sp³-hybridized carbons (Fsp3) is 0.357. The molecular formula is C28H34N2O3. The third-order valence-electron chi connectivity index (χ3n) is 6.40. The smallest absolute Gasteiger partial charge is 0.184 e. The van der Waals surface area contributed by atoms with Gasteiger partial charge in [-0.25, -0.2) is 0 Å². The molecule has 0 aromatic heterocycles. The summed E-state index contributed by atoms with van der Waals surface area (Å²) in [6, 6.07) is 26.7. The van der Waals surface area contributed by atoms with Gasteiger partial charge in [0, 0.05) is 31.1 Å². The van der Waals surface area contributed by atoms with E-state index in [1.807, 2.05) is 42.5 Å². The van der Waals surface area contributed by atoms with Crippen molar-refractivity contribution in [3.63, 3.8) is 0 Å². The Bertz CT molecular complexity index is 992. The van der Waals surface area contributed by atoms with Crippen molar-refractivity contribution in [1.82, 2.24) is 4.90 Å². The highest BCUT2D eigenvalue weighted by Gasteiger charge is 2.38. The van der Waals surface area contributed by atoms with E-state index in [0.29, 0.717) is 6.54 Å². The van der Waals surface area contributed by atoms with Gasteiger partial charge in [-0.05, 0) is 29.3 Å². The fourth-order valence-electron chi connectivity index (χ4n) is 4.41. The van der Waals surface area contributed by atoms with Crippen LogP contribution in [-0.2, 0) is 29.2 Å². The highest BCUT2D eigenvalue weighted by Crippen LogP contribution is 2.41. The Hall–Kier alpha value is -2.54. The number of rotatable bonds is 8. The molecule has 4 unspecified atom stereocenters. The third kappa shape index (κ3) is 5.88. The summed E-state index contributed by atoms with van der Waals surface area (Å²) >= 11 is 0. The number of nitrogens with two attached hydrogens (primary N) is 1. The van der Waals surface area contributed by atoms with E-state index in [4.69, 9.17) is 15.2 Å². The maximum atomic E-state index is 9.42. The molecule has 1 heterocycles. The van der Waals surface area contributed by atoms with E-state index >= 15 is 0 Å². The molecule has 0 amide bonds. The second-order valence-electron chi connectivity index (χ2n) is 8.95. The van der Waals surface area contributed by atoms with Crippen LogP contribution in [0.2, 0.25) is 0 Å². The Morgan fingerprint density at radius 2 is 1.45 bits per heavy atom. The number of nitrogens with zero attached hydrogens (tertiary/aromatic N) is 1. The van der Waals surface area contributed by atoms with Crippen molar-refractivity contribution in [1.29, 1.82) is 0 Å². The van der Waals surface area contributed by atoms with Crippen LogP contribution in [0.15, 0.2) is 78.9 Å². The zero-order valence-electron chi connectivity index (χ0n) is 19.4. The van der Waals surface area contributed by atoms with Crippen molar-refractivity contribution in [3.05, 3.63) is 107 Å². The SMILES string of the molecule is CC1C(CN(C)Cc2ccccc2)OC(c2ccc(CN)cc2)OC1c1ccc(CO)cc1. The van der Waals surface area contributed by atoms with Crippen molar-refractivity contribution in [2.75, 3.05) is 13.6 Å². The van der Waals surface area contributed by atoms with E-state index < -0.39 is 6.29 Å². The van der Waals surface area contributed by atoms with E-state index in [9.17, 15) is 5.11 Å². The first-order valence-electron chi connectivity index (χ1n) is 11.6. The predicted octanol–water partition coefficient (Wildman–Crippen LogP) is 4.56. The van der Waals surface area contributed by atoms with Gasteiger partial charge in [0.1, 0.15) is 0 Å². The van der Waals surface area contributed by atoms with E-state index in [0.717, 1.165) is 35.3 Å². The Balaban J connectivity index is 1.56. The van der Waals surface area contributed by atoms with Crippen molar-refractivity contribution in [2.24, 2.45) is 11.7 Å². The van der Waals surface area contributed by atoms with Crippen LogP contribution in [0.4, 0.5) is 0 Å². The van der Waals surface area contributed by atoms with Crippen LogP contribution in [0.25, 0.3) is 0 Å². The molecule has 0 spiro atoms. The van der Waals surface area contributed by atoms with Crippen LogP contribution in [0.5, 0.6) is 0 Å². The molecular weight excluding hydrogens is 412 g/mol. The van der Waals surface area contributed by atoms with Crippen LogP contribution in [0.1, 0.15) is 47.1 Å². The standard InChI is InChI=1S/C28H34N2O3/c1-20-26(18-30(2)17-22-6-4-3-5-7-22)32-28(25-14-8-21(16-29)9-15-25)33-27(20)24-12-10-23(19-31)11-13-24/h3-15,20,26-28,31H,16-19,29H2,1-2H3. The van der Waals surface area contributed by atoms with Gasteiger partial charge in [-0.15, -0.1) is 0 Å². The number of hydrogen-bond donors (Lipinski definition) is 2. The molecule has 0 radical (unpaired) electrons. The number of aliphatic hydroxyl groups is 1. The van der Waals surface area contributed by atoms with Gasteiger partial charge in [-0.3, -0.25) is 4.90 Å². The minimum absolute atomic E-state index is 0.00540. The predicted molar refractivity (Wildman–Crippen MR) is 130 cm³/mol. The molecule has 33 heavy (non-hydrogen) atoms. The van der Waals surface area contributed by atoms with Crippen LogP contribution in [0, 0.1) is 5.92 Å². The number of benzene rings is 3. The van der Waals surface area contributed by atoms with Crippen molar-refractivity contribution < 1.29 is 14.6 Å². The van der Waals surface area contributed by atoms with Gasteiger partial charge >= 0.3 is 0 Å². The Kier molecular flexibility index (Phi) is 7.91. The zero-order valence-corrected chi connectivity index (χ0v) is 19.4. The minimum Gasteiger partial charge on any atom is -0.392 e. The summed E-state index contributed by atoms with van der Waals surface area (Å²) in [5, 5.41) is 9.42. The van der Waals surface area contributed by atoms with Crippen LogP contribution in [0.3, 0.4) is 0 Å². The molecule has 174 valence electrons. The summed E-state index contributed by atoms with van der Waals surface area (Å²) in [5.41, 5.74) is 11.1. The molecule has 1 fully saturated rings. The van der Waals surface area contributed by atoms with Crippen LogP contribution < -0.4 is 5.73 Å². The minimum atomic E-state index is -0.453. The Morgan fingerprint density at radius 1 is 0.818 bits per heavy atom. The van der Waals surface area contributed by atoms with E-state index in [2.05, 4.69) is 55.3 Å². The number of ether oxygens (including phenoxy) is 2. The molecule has 5 nitrogen and oxygen atoms in total. The van der Waals surface area contributed by atoms with Crippen LogP contribution >= 0.6 is 0 Å².